The number of nitrogens with one attached hydrogen (secondary N) is 1. The van der Waals surface area contributed by atoms with Crippen molar-refractivity contribution in [2.24, 2.45) is 0 Å². The van der Waals surface area contributed by atoms with Gasteiger partial charge < -0.3 is 10.1 Å². The maximum Gasteiger partial charge on any atom is 0.416 e. The first-order valence-electron chi connectivity index (χ1n) is 8.20. The molecule has 0 radical (unpaired) electrons. The Bertz CT molecular complexity index is 972. The van der Waals surface area contributed by atoms with Crippen LogP contribution in [0.2, 0.25) is 0 Å². The molecule has 0 bridgehead atoms. The van der Waals surface area contributed by atoms with Crippen molar-refractivity contribution in [3.05, 3.63) is 59.7 Å². The fourth-order valence-corrected chi connectivity index (χ4v) is 2.43. The number of nitrogens with zero attached hydrogens (tertiary/aromatic N) is 4. The van der Waals surface area contributed by atoms with Crippen molar-refractivity contribution in [3.63, 3.8) is 0 Å². The van der Waals surface area contributed by atoms with Crippen molar-refractivity contribution in [1.29, 1.82) is 0 Å². The largest absolute Gasteiger partial charge is 0.497 e. The van der Waals surface area contributed by atoms with E-state index in [4.69, 9.17) is 4.74 Å². The Kier molecular flexibility index (Phi) is 5.57. The van der Waals surface area contributed by atoms with Crippen LogP contribution in [-0.4, -0.2) is 33.2 Å². The van der Waals surface area contributed by atoms with Crippen molar-refractivity contribution in [2.75, 3.05) is 7.11 Å². The normalized spacial score (nSPS) is 11.3. The first-order chi connectivity index (χ1) is 13.3. The highest BCUT2D eigenvalue weighted by Crippen LogP contribution is 2.31. The van der Waals surface area contributed by atoms with Crippen LogP contribution in [-0.2, 0) is 24.1 Å². The number of halogens is 3. The van der Waals surface area contributed by atoms with E-state index >= 15 is 0 Å². The lowest BCUT2D eigenvalue weighted by molar-refractivity contribution is -0.137. The van der Waals surface area contributed by atoms with Gasteiger partial charge in [-0.15, -0.1) is 10.2 Å². The zero-order valence-corrected chi connectivity index (χ0v) is 14.8. The summed E-state index contributed by atoms with van der Waals surface area (Å²) >= 11 is 0. The van der Waals surface area contributed by atoms with Gasteiger partial charge in [0.15, 0.2) is 0 Å². The van der Waals surface area contributed by atoms with Gasteiger partial charge in [0.2, 0.25) is 11.7 Å². The second-order valence-electron chi connectivity index (χ2n) is 5.85. The molecule has 0 fully saturated rings. The van der Waals surface area contributed by atoms with Crippen molar-refractivity contribution < 1.29 is 22.7 Å². The predicted molar refractivity (Wildman–Crippen MR) is 93.1 cm³/mol. The maximum atomic E-state index is 12.8. The molecule has 0 aliphatic rings. The molecule has 0 aliphatic carbocycles. The molecule has 0 spiro atoms. The number of rotatable bonds is 6. The number of hydrogen-bond acceptors (Lipinski definition) is 5. The summed E-state index contributed by atoms with van der Waals surface area (Å²) < 4.78 is 43.5. The minimum atomic E-state index is -4.47. The van der Waals surface area contributed by atoms with Crippen LogP contribution in [0.25, 0.3) is 11.4 Å². The Morgan fingerprint density at radius 1 is 1.18 bits per heavy atom. The van der Waals surface area contributed by atoms with Crippen LogP contribution in [0.5, 0.6) is 5.75 Å². The number of benzene rings is 2. The van der Waals surface area contributed by atoms with Crippen LogP contribution in [0.1, 0.15) is 11.1 Å². The van der Waals surface area contributed by atoms with Crippen molar-refractivity contribution in [2.45, 2.75) is 19.3 Å². The summed E-state index contributed by atoms with van der Waals surface area (Å²) in [7, 11) is 1.55. The molecule has 0 saturated carbocycles. The maximum absolute atomic E-state index is 12.8. The first kappa shape index (κ1) is 19.3. The number of amides is 1. The zero-order valence-electron chi connectivity index (χ0n) is 14.8. The van der Waals surface area contributed by atoms with Gasteiger partial charge in [-0.1, -0.05) is 24.3 Å². The fraction of sp³-hybridized carbons (Fsp3) is 0.222. The molecule has 1 aromatic heterocycles. The molecule has 28 heavy (non-hydrogen) atoms. The highest BCUT2D eigenvalue weighted by Gasteiger charge is 2.30. The monoisotopic (exact) mass is 391 g/mol. The number of alkyl halides is 3. The molecule has 7 nitrogen and oxygen atoms in total. The molecule has 1 heterocycles. The van der Waals surface area contributed by atoms with Gasteiger partial charge in [-0.2, -0.15) is 18.0 Å². The average molecular weight is 391 g/mol. The van der Waals surface area contributed by atoms with Crippen molar-refractivity contribution in [3.8, 4) is 17.1 Å². The van der Waals surface area contributed by atoms with Gasteiger partial charge in [-0.25, -0.2) is 0 Å². The molecule has 3 rings (SSSR count). The van der Waals surface area contributed by atoms with Gasteiger partial charge in [0, 0.05) is 12.1 Å². The summed E-state index contributed by atoms with van der Waals surface area (Å²) in [6.45, 7) is 0.0706. The van der Waals surface area contributed by atoms with Crippen LogP contribution in [0.15, 0.2) is 48.5 Å². The van der Waals surface area contributed by atoms with Crippen LogP contribution in [0, 0.1) is 0 Å². The summed E-state index contributed by atoms with van der Waals surface area (Å²) in [6, 6.07) is 11.8. The second kappa shape index (κ2) is 8.07. The van der Waals surface area contributed by atoms with Gasteiger partial charge in [0.05, 0.1) is 12.7 Å². The van der Waals surface area contributed by atoms with Gasteiger partial charge in [-0.05, 0) is 35.0 Å². The van der Waals surface area contributed by atoms with Gasteiger partial charge in [0.25, 0.3) is 0 Å². The van der Waals surface area contributed by atoms with E-state index in [1.54, 1.807) is 25.3 Å². The summed E-state index contributed by atoms with van der Waals surface area (Å²) in [4.78, 5) is 13.1. The summed E-state index contributed by atoms with van der Waals surface area (Å²) in [5, 5.41) is 14.1. The predicted octanol–water partition coefficient (Wildman–Crippen LogP) is 2.68. The van der Waals surface area contributed by atoms with E-state index in [1.165, 1.54) is 12.1 Å². The van der Waals surface area contributed by atoms with E-state index in [9.17, 15) is 18.0 Å². The number of aromatic nitrogens is 4. The first-order valence-corrected chi connectivity index (χ1v) is 8.20. The van der Waals surface area contributed by atoms with Gasteiger partial charge in [0.1, 0.15) is 12.3 Å². The Labute approximate surface area is 158 Å². The van der Waals surface area contributed by atoms with E-state index in [0.29, 0.717) is 5.75 Å². The second-order valence-corrected chi connectivity index (χ2v) is 5.85. The van der Waals surface area contributed by atoms with E-state index in [2.05, 4.69) is 20.7 Å². The topological polar surface area (TPSA) is 81.9 Å². The molecule has 10 heteroatoms. The molecule has 0 saturated heterocycles. The molecular formula is C18H16F3N5O2. The highest BCUT2D eigenvalue weighted by atomic mass is 19.4. The lowest BCUT2D eigenvalue weighted by Crippen LogP contribution is -2.28. The number of tetrazole rings is 1. The van der Waals surface area contributed by atoms with Crippen molar-refractivity contribution >= 4 is 5.91 Å². The highest BCUT2D eigenvalue weighted by molar-refractivity contribution is 5.75. The summed E-state index contributed by atoms with van der Waals surface area (Å²) in [6.07, 6.45) is -4.47. The van der Waals surface area contributed by atoms with E-state index in [1.807, 2.05) is 6.07 Å². The molecule has 2 aromatic carbocycles. The molecule has 146 valence electrons. The number of carbonyl (C=O) groups excluding carboxylic acids is 1. The molecule has 0 aliphatic heterocycles. The number of methoxy groups -OCH3 is 1. The fourth-order valence-electron chi connectivity index (χ4n) is 2.43. The van der Waals surface area contributed by atoms with E-state index < -0.39 is 11.7 Å². The molecule has 0 unspecified atom stereocenters. The Morgan fingerprint density at radius 3 is 2.71 bits per heavy atom. The SMILES string of the molecule is COc1cccc(CNC(=O)Cn2nnc(-c3cccc(C(F)(F)F)c3)n2)c1. The van der Waals surface area contributed by atoms with Gasteiger partial charge >= 0.3 is 6.18 Å². The summed E-state index contributed by atoms with van der Waals surface area (Å²) in [5.41, 5.74) is 0.208. The quantitative estimate of drug-likeness (QED) is 0.699. The molecule has 0 atom stereocenters. The van der Waals surface area contributed by atoms with Gasteiger partial charge in [-0.3, -0.25) is 4.79 Å². The minimum absolute atomic E-state index is 0.00620. The minimum Gasteiger partial charge on any atom is -0.497 e. The Morgan fingerprint density at radius 2 is 1.96 bits per heavy atom. The average Bonchev–Trinajstić information content (AvgIpc) is 3.14. The molecule has 3 aromatic rings. The lowest BCUT2D eigenvalue weighted by Gasteiger charge is -2.07. The van der Waals surface area contributed by atoms with Crippen LogP contribution in [0.4, 0.5) is 13.2 Å². The third-order valence-corrected chi connectivity index (χ3v) is 3.81. The Balaban J connectivity index is 1.62. The van der Waals surface area contributed by atoms with Crippen LogP contribution < -0.4 is 10.1 Å². The number of hydrogen-bond donors (Lipinski definition) is 1. The van der Waals surface area contributed by atoms with E-state index in [0.717, 1.165) is 22.5 Å². The number of carbonyl (C=O) groups is 1. The van der Waals surface area contributed by atoms with Crippen LogP contribution >= 0.6 is 0 Å². The standard InChI is InChI=1S/C18H16F3N5O2/c1-28-15-7-2-4-12(8-15)10-22-16(27)11-26-24-17(23-25-26)13-5-3-6-14(9-13)18(19,20)21/h2-9H,10-11H2,1H3,(H,22,27). The smallest absolute Gasteiger partial charge is 0.416 e. The third-order valence-electron chi connectivity index (χ3n) is 3.81. The molecule has 1 amide bonds. The van der Waals surface area contributed by atoms with Crippen LogP contribution in [0.3, 0.4) is 0 Å². The molecular weight excluding hydrogens is 375 g/mol. The molecule has 1 N–H and O–H groups in total. The summed E-state index contributed by atoms with van der Waals surface area (Å²) in [5.74, 6) is 0.318. The zero-order chi connectivity index (χ0) is 20.1. The van der Waals surface area contributed by atoms with Crippen molar-refractivity contribution in [1.82, 2.24) is 25.5 Å². The van der Waals surface area contributed by atoms with E-state index in [-0.39, 0.29) is 30.4 Å². The number of ether oxygens (including phenoxy) is 1. The lowest BCUT2D eigenvalue weighted by atomic mass is 10.1. The Hall–Kier alpha value is -3.43. The third kappa shape index (κ3) is 4.84.